The summed E-state index contributed by atoms with van der Waals surface area (Å²) in [5.41, 5.74) is 0.0589. The lowest BCUT2D eigenvalue weighted by atomic mass is 9.93. The van der Waals surface area contributed by atoms with Crippen LogP contribution >= 0.6 is 11.6 Å². The Kier molecular flexibility index (Phi) is 5.72. The molecule has 1 amide bonds. The predicted molar refractivity (Wildman–Crippen MR) is 89.8 cm³/mol. The number of hydrogen-bond donors (Lipinski definition) is 0. The number of hydrogen-bond acceptors (Lipinski definition) is 2. The second-order valence-electron chi connectivity index (χ2n) is 6.81. The lowest BCUT2D eigenvalue weighted by Crippen LogP contribution is -2.35. The monoisotopic (exact) mass is 356 g/mol. The molecule has 3 rings (SSSR count). The van der Waals surface area contributed by atoms with Gasteiger partial charge in [0.25, 0.3) is 0 Å². The third-order valence-corrected chi connectivity index (χ3v) is 5.50. The molecule has 0 saturated carbocycles. The van der Waals surface area contributed by atoms with E-state index in [1.54, 1.807) is 0 Å². The van der Waals surface area contributed by atoms with E-state index in [1.807, 2.05) is 4.90 Å². The van der Waals surface area contributed by atoms with Crippen LogP contribution in [0.25, 0.3) is 0 Å². The van der Waals surface area contributed by atoms with Gasteiger partial charge in [0.05, 0.1) is 5.02 Å². The van der Waals surface area contributed by atoms with Crippen LogP contribution in [0.5, 0.6) is 0 Å². The molecule has 2 saturated heterocycles. The Labute approximate surface area is 146 Å². The highest BCUT2D eigenvalue weighted by molar-refractivity contribution is 6.30. The summed E-state index contributed by atoms with van der Waals surface area (Å²) in [5, 5.41) is -0.0310. The first-order valence-corrected chi connectivity index (χ1v) is 9.05. The topological polar surface area (TPSA) is 23.6 Å². The van der Waals surface area contributed by atoms with Crippen molar-refractivity contribution < 1.29 is 13.6 Å². The van der Waals surface area contributed by atoms with Gasteiger partial charge in [0.1, 0.15) is 11.6 Å². The fraction of sp³-hybridized carbons (Fsp3) is 0.611. The Morgan fingerprint density at radius 1 is 1.17 bits per heavy atom. The first-order valence-electron chi connectivity index (χ1n) is 8.67. The van der Waals surface area contributed by atoms with Gasteiger partial charge in [0.15, 0.2) is 0 Å². The molecule has 3 nitrogen and oxygen atoms in total. The molecular weight excluding hydrogens is 334 g/mol. The summed E-state index contributed by atoms with van der Waals surface area (Å²) >= 11 is 5.75. The van der Waals surface area contributed by atoms with Gasteiger partial charge in [0, 0.05) is 31.6 Å². The molecule has 132 valence electrons. The van der Waals surface area contributed by atoms with E-state index in [2.05, 4.69) is 4.90 Å². The Morgan fingerprint density at radius 3 is 2.58 bits per heavy atom. The predicted octanol–water partition coefficient (Wildman–Crippen LogP) is 3.84. The molecule has 0 radical (unpaired) electrons. The van der Waals surface area contributed by atoms with E-state index in [-0.39, 0.29) is 23.0 Å². The third kappa shape index (κ3) is 4.06. The minimum absolute atomic E-state index is 0.0310. The van der Waals surface area contributed by atoms with Crippen molar-refractivity contribution in [3.8, 4) is 0 Å². The van der Waals surface area contributed by atoms with Crippen molar-refractivity contribution >= 4 is 17.5 Å². The smallest absolute Gasteiger partial charge is 0.222 e. The van der Waals surface area contributed by atoms with Gasteiger partial charge in [-0.1, -0.05) is 11.6 Å². The number of carbonyl (C=O) groups is 1. The lowest BCUT2D eigenvalue weighted by molar-refractivity contribution is -0.127. The Morgan fingerprint density at radius 2 is 1.92 bits per heavy atom. The molecule has 1 aromatic carbocycles. The summed E-state index contributed by atoms with van der Waals surface area (Å²) in [6, 6.07) is 2.47. The molecule has 2 fully saturated rings. The molecular formula is C18H23ClF2N2O. The third-order valence-electron chi connectivity index (χ3n) is 5.21. The summed E-state index contributed by atoms with van der Waals surface area (Å²) in [6.45, 7) is 3.65. The SMILES string of the molecule is O=C1CCCN1CCC1CCN(Cc2c(F)ccc(Cl)c2F)CC1. The Bertz CT molecular complexity index is 603. The number of likely N-dealkylation sites (tertiary alicyclic amines) is 2. The molecule has 6 heteroatoms. The maximum absolute atomic E-state index is 14.0. The average molecular weight is 357 g/mol. The van der Waals surface area contributed by atoms with Crippen LogP contribution in [-0.4, -0.2) is 41.9 Å². The van der Waals surface area contributed by atoms with Crippen molar-refractivity contribution in [1.29, 1.82) is 0 Å². The Hall–Kier alpha value is -1.20. The molecule has 0 atom stereocenters. The van der Waals surface area contributed by atoms with E-state index >= 15 is 0 Å². The van der Waals surface area contributed by atoms with Crippen molar-refractivity contribution in [2.24, 2.45) is 5.92 Å². The molecule has 0 aromatic heterocycles. The number of nitrogens with zero attached hydrogens (tertiary/aromatic N) is 2. The van der Waals surface area contributed by atoms with Crippen LogP contribution < -0.4 is 0 Å². The van der Waals surface area contributed by atoms with Gasteiger partial charge < -0.3 is 4.90 Å². The molecule has 1 aromatic rings. The van der Waals surface area contributed by atoms with E-state index in [4.69, 9.17) is 11.6 Å². The minimum atomic E-state index is -0.647. The van der Waals surface area contributed by atoms with Crippen molar-refractivity contribution in [2.75, 3.05) is 26.2 Å². The van der Waals surface area contributed by atoms with Gasteiger partial charge in [-0.3, -0.25) is 9.69 Å². The second kappa shape index (κ2) is 7.79. The normalized spacial score (nSPS) is 20.1. The fourth-order valence-corrected chi connectivity index (χ4v) is 3.83. The van der Waals surface area contributed by atoms with Crippen LogP contribution in [0.15, 0.2) is 12.1 Å². The van der Waals surface area contributed by atoms with Gasteiger partial charge in [-0.25, -0.2) is 8.78 Å². The zero-order valence-electron chi connectivity index (χ0n) is 13.7. The summed E-state index contributed by atoms with van der Waals surface area (Å²) in [7, 11) is 0. The second-order valence-corrected chi connectivity index (χ2v) is 7.22. The highest BCUT2D eigenvalue weighted by atomic mass is 35.5. The van der Waals surface area contributed by atoms with E-state index in [0.29, 0.717) is 12.3 Å². The van der Waals surface area contributed by atoms with E-state index in [9.17, 15) is 13.6 Å². The van der Waals surface area contributed by atoms with Gasteiger partial charge >= 0.3 is 0 Å². The zero-order chi connectivity index (χ0) is 17.1. The van der Waals surface area contributed by atoms with Crippen molar-refractivity contribution in [3.63, 3.8) is 0 Å². The maximum Gasteiger partial charge on any atom is 0.222 e. The number of amides is 1. The van der Waals surface area contributed by atoms with Crippen LogP contribution in [0, 0.1) is 17.6 Å². The summed E-state index contributed by atoms with van der Waals surface area (Å²) in [5.74, 6) is -0.319. The Balaban J connectivity index is 1.47. The first kappa shape index (κ1) is 17.6. The zero-order valence-corrected chi connectivity index (χ0v) is 14.5. The lowest BCUT2D eigenvalue weighted by Gasteiger charge is -2.32. The number of benzene rings is 1. The highest BCUT2D eigenvalue weighted by Gasteiger charge is 2.25. The molecule has 0 bridgehead atoms. The molecule has 2 aliphatic heterocycles. The van der Waals surface area contributed by atoms with E-state index < -0.39 is 11.6 Å². The molecule has 2 heterocycles. The quantitative estimate of drug-likeness (QED) is 0.748. The highest BCUT2D eigenvalue weighted by Crippen LogP contribution is 2.26. The molecule has 0 N–H and O–H groups in total. The molecule has 0 unspecified atom stereocenters. The molecule has 0 spiro atoms. The van der Waals surface area contributed by atoms with Crippen molar-refractivity contribution in [2.45, 2.75) is 38.6 Å². The van der Waals surface area contributed by atoms with E-state index in [0.717, 1.165) is 51.9 Å². The maximum atomic E-state index is 14.0. The number of carbonyl (C=O) groups excluding carboxylic acids is 1. The van der Waals surface area contributed by atoms with Crippen LogP contribution in [0.3, 0.4) is 0 Å². The largest absolute Gasteiger partial charge is 0.343 e. The summed E-state index contributed by atoms with van der Waals surface area (Å²) in [6.07, 6.45) is 4.71. The molecule has 2 aliphatic rings. The van der Waals surface area contributed by atoms with Gasteiger partial charge in [-0.05, 0) is 56.8 Å². The van der Waals surface area contributed by atoms with Crippen LogP contribution in [0.1, 0.15) is 37.7 Å². The first-order chi connectivity index (χ1) is 11.5. The van der Waals surface area contributed by atoms with Crippen LogP contribution in [0.2, 0.25) is 5.02 Å². The summed E-state index contributed by atoms with van der Waals surface area (Å²) < 4.78 is 27.8. The van der Waals surface area contributed by atoms with Gasteiger partial charge in [-0.2, -0.15) is 0 Å². The van der Waals surface area contributed by atoms with Gasteiger partial charge in [-0.15, -0.1) is 0 Å². The fourth-order valence-electron chi connectivity index (χ4n) is 3.65. The minimum Gasteiger partial charge on any atom is -0.343 e. The standard InChI is InChI=1S/C18H23ClF2N2O/c19-15-3-4-16(20)14(18(15)21)12-22-9-5-13(6-10-22)7-11-23-8-1-2-17(23)24/h3-4,13H,1-2,5-12H2. The molecule has 0 aliphatic carbocycles. The molecule has 24 heavy (non-hydrogen) atoms. The van der Waals surface area contributed by atoms with Crippen LogP contribution in [0.4, 0.5) is 8.78 Å². The number of piperidine rings is 1. The number of rotatable bonds is 5. The van der Waals surface area contributed by atoms with E-state index in [1.165, 1.54) is 12.1 Å². The van der Waals surface area contributed by atoms with Crippen molar-refractivity contribution in [3.05, 3.63) is 34.4 Å². The van der Waals surface area contributed by atoms with Gasteiger partial charge in [0.2, 0.25) is 5.91 Å². The number of halogens is 3. The van der Waals surface area contributed by atoms with Crippen molar-refractivity contribution in [1.82, 2.24) is 9.80 Å². The summed E-state index contributed by atoms with van der Waals surface area (Å²) in [4.78, 5) is 15.7. The average Bonchev–Trinajstić information content (AvgIpc) is 2.99. The van der Waals surface area contributed by atoms with Crippen LogP contribution in [-0.2, 0) is 11.3 Å².